The third kappa shape index (κ3) is 11.6. The Labute approximate surface area is 144 Å². The number of hydrogen-bond acceptors (Lipinski definition) is 4. The number of hydrogen-bond donors (Lipinski definition) is 4. The topological polar surface area (TPSA) is 138 Å². The van der Waals surface area contributed by atoms with Crippen molar-refractivity contribution in [3.63, 3.8) is 0 Å². The van der Waals surface area contributed by atoms with E-state index in [0.29, 0.717) is 11.1 Å². The van der Waals surface area contributed by atoms with Gasteiger partial charge in [0.25, 0.3) is 0 Å². The van der Waals surface area contributed by atoms with Crippen LogP contribution in [0.4, 0.5) is 0 Å². The summed E-state index contributed by atoms with van der Waals surface area (Å²) in [5.74, 6) is -1.04. The second-order valence-corrected chi connectivity index (χ2v) is 5.71. The molecule has 0 saturated carbocycles. The van der Waals surface area contributed by atoms with Crippen LogP contribution in [-0.2, 0) is 0 Å². The van der Waals surface area contributed by atoms with Gasteiger partial charge >= 0.3 is 0 Å². The van der Waals surface area contributed by atoms with Gasteiger partial charge in [-0.2, -0.15) is 0 Å². The number of benzene rings is 1. The molecule has 24 heavy (non-hydrogen) atoms. The molecule has 0 saturated heterocycles. The van der Waals surface area contributed by atoms with E-state index in [1.54, 1.807) is 0 Å². The molecule has 2 amide bonds. The largest absolute Gasteiger partial charge is 0.366 e. The maximum atomic E-state index is 10.6. The van der Waals surface area contributed by atoms with Gasteiger partial charge in [0.1, 0.15) is 0 Å². The molecule has 0 aliphatic heterocycles. The molecule has 1 aromatic carbocycles. The first kappa shape index (κ1) is 22.1. The first-order chi connectivity index (χ1) is 11.5. The SMILES string of the molecule is NC(=O)c1ccc(C(N)=O)cc1.NCCCCCCCCCCN. The van der Waals surface area contributed by atoms with Gasteiger partial charge in [0.15, 0.2) is 0 Å². The minimum absolute atomic E-state index is 0.361. The van der Waals surface area contributed by atoms with Gasteiger partial charge in [0.05, 0.1) is 0 Å². The van der Waals surface area contributed by atoms with Crippen molar-refractivity contribution >= 4 is 11.8 Å². The summed E-state index contributed by atoms with van der Waals surface area (Å²) in [5.41, 5.74) is 21.5. The standard InChI is InChI=1S/C10H24N2.C8H8N2O2/c11-9-7-5-3-1-2-4-6-8-10-12;9-7(11)5-1-2-6(4-3-5)8(10)12/h1-12H2;1-4H,(H2,9,11)(H2,10,12). The van der Waals surface area contributed by atoms with Crippen LogP contribution in [0.3, 0.4) is 0 Å². The molecule has 0 spiro atoms. The summed E-state index contributed by atoms with van der Waals surface area (Å²) in [7, 11) is 0. The Morgan fingerprint density at radius 3 is 1.04 bits per heavy atom. The van der Waals surface area contributed by atoms with Crippen LogP contribution < -0.4 is 22.9 Å². The monoisotopic (exact) mass is 336 g/mol. The molecule has 0 unspecified atom stereocenters. The van der Waals surface area contributed by atoms with Crippen LogP contribution in [0.1, 0.15) is 72.1 Å². The summed E-state index contributed by atoms with van der Waals surface area (Å²) >= 11 is 0. The Morgan fingerprint density at radius 1 is 0.583 bits per heavy atom. The van der Waals surface area contributed by atoms with E-state index < -0.39 is 11.8 Å². The zero-order chi connectivity index (χ0) is 18.2. The van der Waals surface area contributed by atoms with Gasteiger partial charge in [-0.1, -0.05) is 38.5 Å². The smallest absolute Gasteiger partial charge is 0.248 e. The van der Waals surface area contributed by atoms with Crippen molar-refractivity contribution in [3.8, 4) is 0 Å². The lowest BCUT2D eigenvalue weighted by molar-refractivity contribution is 0.0988. The fraction of sp³-hybridized carbons (Fsp3) is 0.556. The van der Waals surface area contributed by atoms with E-state index in [0.717, 1.165) is 13.1 Å². The summed E-state index contributed by atoms with van der Waals surface area (Å²) < 4.78 is 0. The minimum Gasteiger partial charge on any atom is -0.366 e. The first-order valence-electron chi connectivity index (χ1n) is 8.62. The van der Waals surface area contributed by atoms with Crippen LogP contribution in [0.2, 0.25) is 0 Å². The van der Waals surface area contributed by atoms with Crippen LogP contribution >= 0.6 is 0 Å². The van der Waals surface area contributed by atoms with Crippen molar-refractivity contribution in [2.24, 2.45) is 22.9 Å². The molecule has 6 nitrogen and oxygen atoms in total. The molecule has 0 bridgehead atoms. The molecule has 0 radical (unpaired) electrons. The molecule has 0 aliphatic carbocycles. The maximum Gasteiger partial charge on any atom is 0.248 e. The fourth-order valence-electron chi connectivity index (χ4n) is 2.15. The number of primary amides is 2. The molecule has 0 aliphatic rings. The van der Waals surface area contributed by atoms with Crippen molar-refractivity contribution in [2.45, 2.75) is 51.4 Å². The van der Waals surface area contributed by atoms with Gasteiger partial charge in [0.2, 0.25) is 11.8 Å². The van der Waals surface area contributed by atoms with E-state index in [1.807, 2.05) is 0 Å². The second kappa shape index (κ2) is 14.7. The number of rotatable bonds is 11. The highest BCUT2D eigenvalue weighted by Gasteiger charge is 2.02. The summed E-state index contributed by atoms with van der Waals surface area (Å²) in [6, 6.07) is 5.84. The van der Waals surface area contributed by atoms with E-state index in [-0.39, 0.29) is 0 Å². The predicted octanol–water partition coefficient (Wildman–Crippen LogP) is 1.91. The van der Waals surface area contributed by atoms with Gasteiger partial charge < -0.3 is 22.9 Å². The summed E-state index contributed by atoms with van der Waals surface area (Å²) in [4.78, 5) is 21.2. The molecular weight excluding hydrogens is 304 g/mol. The van der Waals surface area contributed by atoms with Crippen LogP contribution in [0.25, 0.3) is 0 Å². The summed E-state index contributed by atoms with van der Waals surface area (Å²) in [5, 5.41) is 0. The number of amides is 2. The van der Waals surface area contributed by atoms with Gasteiger partial charge in [-0.15, -0.1) is 0 Å². The molecule has 8 N–H and O–H groups in total. The van der Waals surface area contributed by atoms with Crippen molar-refractivity contribution in [1.29, 1.82) is 0 Å². The lowest BCUT2D eigenvalue weighted by Gasteiger charge is -2.00. The normalized spacial score (nSPS) is 9.92. The number of nitrogens with two attached hydrogens (primary N) is 4. The van der Waals surface area contributed by atoms with Gasteiger partial charge in [0, 0.05) is 11.1 Å². The third-order valence-corrected chi connectivity index (χ3v) is 3.61. The quantitative estimate of drug-likeness (QED) is 0.458. The van der Waals surface area contributed by atoms with E-state index >= 15 is 0 Å². The number of unbranched alkanes of at least 4 members (excludes halogenated alkanes) is 7. The van der Waals surface area contributed by atoms with E-state index in [2.05, 4.69) is 0 Å². The Balaban J connectivity index is 0.000000441. The molecule has 136 valence electrons. The molecule has 0 fully saturated rings. The summed E-state index contributed by atoms with van der Waals surface area (Å²) in [6.45, 7) is 1.71. The lowest BCUT2D eigenvalue weighted by atomic mass is 10.1. The Kier molecular flexibility index (Phi) is 13.5. The van der Waals surface area contributed by atoms with Gasteiger partial charge in [-0.05, 0) is 50.2 Å². The highest BCUT2D eigenvalue weighted by molar-refractivity contribution is 5.96. The van der Waals surface area contributed by atoms with Gasteiger partial charge in [-0.25, -0.2) is 0 Å². The van der Waals surface area contributed by atoms with E-state index in [9.17, 15) is 9.59 Å². The molecule has 0 aromatic heterocycles. The van der Waals surface area contributed by atoms with E-state index in [4.69, 9.17) is 22.9 Å². The fourth-order valence-corrected chi connectivity index (χ4v) is 2.15. The lowest BCUT2D eigenvalue weighted by Crippen LogP contribution is -2.13. The average molecular weight is 336 g/mol. The third-order valence-electron chi connectivity index (χ3n) is 3.61. The van der Waals surface area contributed by atoms with Crippen LogP contribution in [0, 0.1) is 0 Å². The molecule has 6 heteroatoms. The highest BCUT2D eigenvalue weighted by Crippen LogP contribution is 2.07. The van der Waals surface area contributed by atoms with Gasteiger partial charge in [-0.3, -0.25) is 9.59 Å². The molecular formula is C18H32N4O2. The van der Waals surface area contributed by atoms with Crippen LogP contribution in [0.5, 0.6) is 0 Å². The number of carbonyl (C=O) groups is 2. The number of carbonyl (C=O) groups excluding carboxylic acids is 2. The van der Waals surface area contributed by atoms with E-state index in [1.165, 1.54) is 75.6 Å². The maximum absolute atomic E-state index is 10.6. The Hall–Kier alpha value is -1.92. The Morgan fingerprint density at radius 2 is 0.833 bits per heavy atom. The van der Waals surface area contributed by atoms with Crippen molar-refractivity contribution < 1.29 is 9.59 Å². The average Bonchev–Trinajstić information content (AvgIpc) is 2.58. The molecule has 0 atom stereocenters. The summed E-state index contributed by atoms with van der Waals surface area (Å²) in [6.07, 6.45) is 10.5. The molecule has 1 aromatic rings. The zero-order valence-electron chi connectivity index (χ0n) is 14.5. The highest BCUT2D eigenvalue weighted by atomic mass is 16.1. The minimum atomic E-state index is -0.522. The molecule has 0 heterocycles. The van der Waals surface area contributed by atoms with Crippen molar-refractivity contribution in [3.05, 3.63) is 35.4 Å². The second-order valence-electron chi connectivity index (χ2n) is 5.71. The van der Waals surface area contributed by atoms with Crippen molar-refractivity contribution in [2.75, 3.05) is 13.1 Å². The van der Waals surface area contributed by atoms with Crippen LogP contribution in [0.15, 0.2) is 24.3 Å². The Bertz CT molecular complexity index is 418. The van der Waals surface area contributed by atoms with Crippen molar-refractivity contribution in [1.82, 2.24) is 0 Å². The first-order valence-corrected chi connectivity index (χ1v) is 8.62. The predicted molar refractivity (Wildman–Crippen MR) is 98.5 cm³/mol. The van der Waals surface area contributed by atoms with Crippen LogP contribution in [-0.4, -0.2) is 24.9 Å². The zero-order valence-corrected chi connectivity index (χ0v) is 14.5. The molecule has 1 rings (SSSR count).